The number of likely N-dealkylation sites (N-methyl/N-ethyl adjacent to an activating group) is 1. The van der Waals surface area contributed by atoms with Gasteiger partial charge in [0.05, 0.1) is 0 Å². The normalized spacial score (nSPS) is 15.7. The molecule has 30 heavy (non-hydrogen) atoms. The van der Waals surface area contributed by atoms with Crippen molar-refractivity contribution in [1.29, 1.82) is 0 Å². The maximum Gasteiger partial charge on any atom is 0.410 e. The number of carbonyl (C=O) groups is 1. The minimum atomic E-state index is -0.445. The van der Waals surface area contributed by atoms with Gasteiger partial charge in [-0.2, -0.15) is 0 Å². The summed E-state index contributed by atoms with van der Waals surface area (Å²) in [5.41, 5.74) is -0.445. The van der Waals surface area contributed by atoms with Gasteiger partial charge in [-0.1, -0.05) is 0 Å². The first-order valence-electron chi connectivity index (χ1n) is 10.6. The standard InChI is InChI=1S/C20H42N6O3.HI/c1-20(2,3)29-19(27)26-15-13-25(14-16-26)12-9-23-18(21-4)22-8-11-24(5)10-7-17-28-6;/h7-17H2,1-6H3,(H2,21,22,23);1H. The highest BCUT2D eigenvalue weighted by Crippen LogP contribution is 2.11. The smallest absolute Gasteiger partial charge is 0.410 e. The lowest BCUT2D eigenvalue weighted by Crippen LogP contribution is -2.51. The Balaban J connectivity index is 0.00000841. The maximum absolute atomic E-state index is 12.1. The van der Waals surface area contributed by atoms with Gasteiger partial charge in [-0.25, -0.2) is 4.79 Å². The minimum absolute atomic E-state index is 0. The second-order valence-corrected chi connectivity index (χ2v) is 8.38. The Bertz CT molecular complexity index is 493. The number of hydrogen-bond donors (Lipinski definition) is 2. The number of nitrogens with one attached hydrogen (secondary N) is 2. The molecule has 1 aliphatic heterocycles. The molecule has 2 N–H and O–H groups in total. The molecule has 1 saturated heterocycles. The van der Waals surface area contributed by atoms with Gasteiger partial charge in [-0.3, -0.25) is 9.89 Å². The van der Waals surface area contributed by atoms with Gasteiger partial charge in [0.1, 0.15) is 5.60 Å². The molecule has 0 saturated carbocycles. The van der Waals surface area contributed by atoms with Gasteiger partial charge in [0.15, 0.2) is 5.96 Å². The summed E-state index contributed by atoms with van der Waals surface area (Å²) in [5, 5.41) is 6.71. The maximum atomic E-state index is 12.1. The van der Waals surface area contributed by atoms with E-state index in [0.717, 1.165) is 64.8 Å². The fourth-order valence-corrected chi connectivity index (χ4v) is 2.99. The Labute approximate surface area is 199 Å². The van der Waals surface area contributed by atoms with E-state index in [4.69, 9.17) is 9.47 Å². The van der Waals surface area contributed by atoms with Crippen LogP contribution in [0.5, 0.6) is 0 Å². The molecular weight excluding hydrogens is 499 g/mol. The van der Waals surface area contributed by atoms with Crippen LogP contribution >= 0.6 is 24.0 Å². The number of rotatable bonds is 10. The first-order valence-corrected chi connectivity index (χ1v) is 10.6. The van der Waals surface area contributed by atoms with E-state index in [1.807, 2.05) is 20.8 Å². The van der Waals surface area contributed by atoms with Crippen molar-refractivity contribution >= 4 is 36.0 Å². The topological polar surface area (TPSA) is 81.7 Å². The van der Waals surface area contributed by atoms with Gasteiger partial charge in [-0.15, -0.1) is 24.0 Å². The van der Waals surface area contributed by atoms with E-state index in [-0.39, 0.29) is 30.1 Å². The molecule has 1 fully saturated rings. The van der Waals surface area contributed by atoms with Gasteiger partial charge >= 0.3 is 6.09 Å². The minimum Gasteiger partial charge on any atom is -0.444 e. The highest BCUT2D eigenvalue weighted by Gasteiger charge is 2.25. The summed E-state index contributed by atoms with van der Waals surface area (Å²) in [6.45, 7) is 14.2. The van der Waals surface area contributed by atoms with Crippen molar-refractivity contribution in [3.8, 4) is 0 Å². The Morgan fingerprint density at radius 1 is 1.10 bits per heavy atom. The van der Waals surface area contributed by atoms with Crippen LogP contribution in [0.15, 0.2) is 4.99 Å². The fraction of sp³-hybridized carbons (Fsp3) is 0.900. The fourth-order valence-electron chi connectivity index (χ4n) is 2.99. The van der Waals surface area contributed by atoms with Crippen molar-refractivity contribution in [1.82, 2.24) is 25.3 Å². The molecule has 1 rings (SSSR count). The number of ether oxygens (including phenoxy) is 2. The summed E-state index contributed by atoms with van der Waals surface area (Å²) in [5.74, 6) is 0.822. The van der Waals surface area contributed by atoms with Crippen LogP contribution in [0.2, 0.25) is 0 Å². The molecule has 0 atom stereocenters. The molecule has 10 heteroatoms. The number of amides is 1. The molecular formula is C20H43IN6O3. The van der Waals surface area contributed by atoms with Crippen LogP contribution in [0, 0.1) is 0 Å². The molecule has 0 spiro atoms. The Morgan fingerprint density at radius 2 is 1.73 bits per heavy atom. The lowest BCUT2D eigenvalue weighted by molar-refractivity contribution is 0.0147. The summed E-state index contributed by atoms with van der Waals surface area (Å²) < 4.78 is 10.5. The molecule has 9 nitrogen and oxygen atoms in total. The highest BCUT2D eigenvalue weighted by molar-refractivity contribution is 14.0. The number of guanidine groups is 1. The molecule has 1 aliphatic rings. The number of hydrogen-bond acceptors (Lipinski definition) is 6. The summed E-state index contributed by atoms with van der Waals surface area (Å²) in [7, 11) is 5.64. The second-order valence-electron chi connectivity index (χ2n) is 8.38. The van der Waals surface area contributed by atoms with Gasteiger partial charge < -0.3 is 29.9 Å². The number of nitrogens with zero attached hydrogens (tertiary/aromatic N) is 4. The quantitative estimate of drug-likeness (QED) is 0.186. The first kappa shape index (κ1) is 29.1. The third-order valence-corrected chi connectivity index (χ3v) is 4.64. The lowest BCUT2D eigenvalue weighted by atomic mass is 10.2. The Morgan fingerprint density at radius 3 is 2.30 bits per heavy atom. The second kappa shape index (κ2) is 15.9. The van der Waals surface area contributed by atoms with Crippen LogP contribution < -0.4 is 10.6 Å². The SMILES string of the molecule is CN=C(NCCN(C)CCCOC)NCCN1CCN(C(=O)OC(C)(C)C)CC1.I. The molecule has 0 radical (unpaired) electrons. The monoisotopic (exact) mass is 542 g/mol. The highest BCUT2D eigenvalue weighted by atomic mass is 127. The van der Waals surface area contributed by atoms with Crippen molar-refractivity contribution in [3.05, 3.63) is 0 Å². The zero-order valence-corrected chi connectivity index (χ0v) is 22.0. The number of aliphatic imine (C=N–C) groups is 1. The van der Waals surface area contributed by atoms with E-state index in [9.17, 15) is 4.79 Å². The van der Waals surface area contributed by atoms with E-state index in [2.05, 4.69) is 32.5 Å². The van der Waals surface area contributed by atoms with Gasteiger partial charge in [0, 0.05) is 79.7 Å². The average Bonchev–Trinajstić information content (AvgIpc) is 2.66. The summed E-state index contributed by atoms with van der Waals surface area (Å²) >= 11 is 0. The van der Waals surface area contributed by atoms with E-state index in [0.29, 0.717) is 13.1 Å². The average molecular weight is 543 g/mol. The lowest BCUT2D eigenvalue weighted by Gasteiger charge is -2.35. The van der Waals surface area contributed by atoms with Crippen LogP contribution in [0.3, 0.4) is 0 Å². The van der Waals surface area contributed by atoms with Crippen LogP contribution in [-0.2, 0) is 9.47 Å². The van der Waals surface area contributed by atoms with E-state index >= 15 is 0 Å². The summed E-state index contributed by atoms with van der Waals surface area (Å²) in [6, 6.07) is 0. The van der Waals surface area contributed by atoms with Crippen LogP contribution in [0.25, 0.3) is 0 Å². The molecule has 0 bridgehead atoms. The molecule has 178 valence electrons. The van der Waals surface area contributed by atoms with Crippen molar-refractivity contribution in [2.24, 2.45) is 4.99 Å². The summed E-state index contributed by atoms with van der Waals surface area (Å²) in [6.07, 6.45) is 0.827. The van der Waals surface area contributed by atoms with Crippen LogP contribution in [0.4, 0.5) is 4.79 Å². The zero-order valence-electron chi connectivity index (χ0n) is 19.7. The Kier molecular flexibility index (Phi) is 15.4. The van der Waals surface area contributed by atoms with Gasteiger partial charge in [-0.05, 0) is 34.2 Å². The van der Waals surface area contributed by atoms with Crippen molar-refractivity contribution in [3.63, 3.8) is 0 Å². The van der Waals surface area contributed by atoms with Crippen LogP contribution in [-0.4, -0.2) is 119 Å². The first-order chi connectivity index (χ1) is 13.7. The van der Waals surface area contributed by atoms with Crippen molar-refractivity contribution < 1.29 is 14.3 Å². The molecule has 0 aliphatic carbocycles. The van der Waals surface area contributed by atoms with E-state index < -0.39 is 5.60 Å². The third kappa shape index (κ3) is 13.5. The summed E-state index contributed by atoms with van der Waals surface area (Å²) in [4.78, 5) is 22.8. The van der Waals surface area contributed by atoms with E-state index in [1.165, 1.54) is 0 Å². The predicted molar refractivity (Wildman–Crippen MR) is 133 cm³/mol. The van der Waals surface area contributed by atoms with Crippen molar-refractivity contribution in [2.75, 3.05) is 86.7 Å². The molecule has 1 amide bonds. The van der Waals surface area contributed by atoms with E-state index in [1.54, 1.807) is 19.1 Å². The Hall–Kier alpha value is -0.850. The number of piperazine rings is 1. The molecule has 0 unspecified atom stereocenters. The number of halogens is 1. The van der Waals surface area contributed by atoms with Crippen LogP contribution in [0.1, 0.15) is 27.2 Å². The molecule has 1 heterocycles. The molecule has 0 aromatic carbocycles. The largest absolute Gasteiger partial charge is 0.444 e. The number of carbonyl (C=O) groups excluding carboxylic acids is 1. The third-order valence-electron chi connectivity index (χ3n) is 4.64. The van der Waals surface area contributed by atoms with Gasteiger partial charge in [0.25, 0.3) is 0 Å². The molecule has 0 aromatic rings. The predicted octanol–water partition coefficient (Wildman–Crippen LogP) is 1.29. The zero-order chi connectivity index (χ0) is 21.7. The molecule has 0 aromatic heterocycles. The van der Waals surface area contributed by atoms with Crippen molar-refractivity contribution in [2.45, 2.75) is 32.8 Å². The number of methoxy groups -OCH3 is 1. The van der Waals surface area contributed by atoms with Gasteiger partial charge in [0.2, 0.25) is 0 Å².